The molecule has 0 saturated heterocycles. The number of amides is 2. The van der Waals surface area contributed by atoms with E-state index in [1.807, 2.05) is 36.6 Å². The fraction of sp³-hybridized carbons (Fsp3) is 0.500. The first-order valence-electron chi connectivity index (χ1n) is 11.3. The molecular formula is C24H33N5O2S. The summed E-state index contributed by atoms with van der Waals surface area (Å²) in [6.07, 6.45) is 7.51. The highest BCUT2D eigenvalue weighted by molar-refractivity contribution is 7.99. The number of nitrogens with one attached hydrogen (secondary N) is 2. The van der Waals surface area contributed by atoms with Gasteiger partial charge in [0.1, 0.15) is 0 Å². The summed E-state index contributed by atoms with van der Waals surface area (Å²) in [5, 5.41) is 15.6. The molecule has 0 aliphatic heterocycles. The van der Waals surface area contributed by atoms with Crippen molar-refractivity contribution < 1.29 is 9.59 Å². The monoisotopic (exact) mass is 455 g/mol. The molecule has 1 aliphatic carbocycles. The van der Waals surface area contributed by atoms with Crippen LogP contribution < -0.4 is 10.6 Å². The highest BCUT2D eigenvalue weighted by Gasteiger charge is 2.26. The van der Waals surface area contributed by atoms with Crippen molar-refractivity contribution in [3.05, 3.63) is 54.4 Å². The van der Waals surface area contributed by atoms with Gasteiger partial charge in [0.15, 0.2) is 11.0 Å². The highest BCUT2D eigenvalue weighted by Crippen LogP contribution is 2.26. The van der Waals surface area contributed by atoms with Crippen molar-refractivity contribution in [2.24, 2.45) is 5.92 Å². The third kappa shape index (κ3) is 6.45. The second-order valence-electron chi connectivity index (χ2n) is 8.49. The zero-order valence-corrected chi connectivity index (χ0v) is 19.7. The molecule has 0 radical (unpaired) electrons. The molecule has 8 heteroatoms. The molecule has 0 unspecified atom stereocenters. The molecule has 7 nitrogen and oxygen atoms in total. The van der Waals surface area contributed by atoms with E-state index in [4.69, 9.17) is 0 Å². The van der Waals surface area contributed by atoms with Gasteiger partial charge in [-0.3, -0.25) is 9.59 Å². The van der Waals surface area contributed by atoms with E-state index in [1.54, 1.807) is 18.2 Å². The summed E-state index contributed by atoms with van der Waals surface area (Å²) in [4.78, 5) is 25.2. The van der Waals surface area contributed by atoms with Crippen molar-refractivity contribution >= 4 is 23.6 Å². The average molecular weight is 456 g/mol. The van der Waals surface area contributed by atoms with Crippen LogP contribution in [0.15, 0.2) is 48.1 Å². The first kappa shape index (κ1) is 24.0. The van der Waals surface area contributed by atoms with E-state index in [0.29, 0.717) is 23.1 Å². The number of carbonyl (C=O) groups excluding carboxylic acids is 2. The first-order chi connectivity index (χ1) is 15.5. The van der Waals surface area contributed by atoms with Crippen LogP contribution in [0.3, 0.4) is 0 Å². The number of aromatic nitrogens is 3. The number of hydrogen-bond acceptors (Lipinski definition) is 5. The van der Waals surface area contributed by atoms with Crippen LogP contribution in [0.1, 0.15) is 68.2 Å². The molecule has 1 saturated carbocycles. The summed E-state index contributed by atoms with van der Waals surface area (Å²) in [6, 6.07) is 9.10. The topological polar surface area (TPSA) is 88.9 Å². The first-order valence-corrected chi connectivity index (χ1v) is 12.3. The van der Waals surface area contributed by atoms with Crippen molar-refractivity contribution in [2.45, 2.75) is 69.7 Å². The van der Waals surface area contributed by atoms with Gasteiger partial charge in [-0.15, -0.1) is 16.8 Å². The molecule has 1 aromatic carbocycles. The fourth-order valence-corrected chi connectivity index (χ4v) is 4.69. The van der Waals surface area contributed by atoms with Crippen LogP contribution in [-0.4, -0.2) is 38.4 Å². The maximum absolute atomic E-state index is 12.8. The Morgan fingerprint density at radius 1 is 1.19 bits per heavy atom. The lowest BCUT2D eigenvalue weighted by Crippen LogP contribution is -2.37. The van der Waals surface area contributed by atoms with Gasteiger partial charge in [0.05, 0.1) is 11.8 Å². The Hall–Kier alpha value is -2.61. The summed E-state index contributed by atoms with van der Waals surface area (Å²) in [5.74, 6) is 0.921. The van der Waals surface area contributed by atoms with Crippen molar-refractivity contribution in [2.75, 3.05) is 5.75 Å². The number of carbonyl (C=O) groups is 2. The van der Waals surface area contributed by atoms with Crippen LogP contribution >= 0.6 is 11.8 Å². The summed E-state index contributed by atoms with van der Waals surface area (Å²) >= 11 is 1.37. The number of nitrogens with zero attached hydrogens (tertiary/aromatic N) is 3. The van der Waals surface area contributed by atoms with Crippen molar-refractivity contribution in [1.29, 1.82) is 0 Å². The number of allylic oxidation sites excluding steroid dienone is 1. The van der Waals surface area contributed by atoms with Gasteiger partial charge in [0, 0.05) is 18.2 Å². The van der Waals surface area contributed by atoms with Crippen LogP contribution in [0.2, 0.25) is 0 Å². The molecule has 2 amide bonds. The van der Waals surface area contributed by atoms with Gasteiger partial charge < -0.3 is 15.2 Å². The van der Waals surface area contributed by atoms with Crippen LogP contribution in [0.25, 0.3) is 0 Å². The lowest BCUT2D eigenvalue weighted by molar-refractivity contribution is -0.119. The molecule has 32 heavy (non-hydrogen) atoms. The predicted octanol–water partition coefficient (Wildman–Crippen LogP) is 4.13. The Balaban J connectivity index is 1.70. The molecule has 1 aromatic heterocycles. The van der Waals surface area contributed by atoms with Crippen LogP contribution in [0, 0.1) is 5.92 Å². The Labute approximate surface area is 194 Å². The SMILES string of the molecule is C=CCn1c(SCC(=O)NC2CCCCC2)nnc1[C@@H](NC(=O)c1ccccc1)C(C)C. The Bertz CT molecular complexity index is 906. The quantitative estimate of drug-likeness (QED) is 0.415. The molecule has 1 atom stereocenters. The molecule has 0 bridgehead atoms. The van der Waals surface area contributed by atoms with Crippen LogP contribution in [0.4, 0.5) is 0 Å². The molecule has 172 valence electrons. The van der Waals surface area contributed by atoms with Gasteiger partial charge in [-0.25, -0.2) is 0 Å². The third-order valence-corrected chi connectivity index (χ3v) is 6.59. The van der Waals surface area contributed by atoms with Gasteiger partial charge >= 0.3 is 0 Å². The predicted molar refractivity (Wildman–Crippen MR) is 127 cm³/mol. The van der Waals surface area contributed by atoms with Gasteiger partial charge in [0.2, 0.25) is 5.91 Å². The smallest absolute Gasteiger partial charge is 0.251 e. The molecule has 1 aliphatic rings. The van der Waals surface area contributed by atoms with E-state index in [2.05, 4.69) is 27.4 Å². The number of hydrogen-bond donors (Lipinski definition) is 2. The fourth-order valence-electron chi connectivity index (χ4n) is 3.93. The van der Waals surface area contributed by atoms with E-state index in [9.17, 15) is 9.59 Å². The van der Waals surface area contributed by atoms with Crippen molar-refractivity contribution in [3.8, 4) is 0 Å². The normalized spacial score (nSPS) is 15.3. The lowest BCUT2D eigenvalue weighted by atomic mass is 9.95. The Morgan fingerprint density at radius 3 is 2.56 bits per heavy atom. The number of thioether (sulfide) groups is 1. The van der Waals surface area contributed by atoms with Gasteiger partial charge in [-0.1, -0.05) is 69.1 Å². The van der Waals surface area contributed by atoms with Gasteiger partial charge in [0.25, 0.3) is 5.91 Å². The highest BCUT2D eigenvalue weighted by atomic mass is 32.2. The number of benzene rings is 1. The zero-order chi connectivity index (χ0) is 22.9. The maximum atomic E-state index is 12.8. The summed E-state index contributed by atoms with van der Waals surface area (Å²) in [5.41, 5.74) is 0.599. The second-order valence-corrected chi connectivity index (χ2v) is 9.43. The average Bonchev–Trinajstić information content (AvgIpc) is 3.19. The lowest BCUT2D eigenvalue weighted by Gasteiger charge is -2.23. The van der Waals surface area contributed by atoms with Crippen LogP contribution in [0.5, 0.6) is 0 Å². The van der Waals surface area contributed by atoms with Crippen molar-refractivity contribution in [3.63, 3.8) is 0 Å². The molecule has 2 aromatic rings. The minimum absolute atomic E-state index is 0.0226. The van der Waals surface area contributed by atoms with E-state index < -0.39 is 0 Å². The van der Waals surface area contributed by atoms with E-state index >= 15 is 0 Å². The summed E-state index contributed by atoms with van der Waals surface area (Å²) < 4.78 is 1.93. The molecule has 3 rings (SSSR count). The summed E-state index contributed by atoms with van der Waals surface area (Å²) in [7, 11) is 0. The van der Waals surface area contributed by atoms with E-state index in [0.717, 1.165) is 12.8 Å². The standard InChI is InChI=1S/C24H33N5O2S/c1-4-15-29-22(21(17(2)3)26-23(31)18-11-7-5-8-12-18)27-28-24(29)32-16-20(30)25-19-13-9-6-10-14-19/h4-5,7-8,11-12,17,19,21H,1,6,9-10,13-16H2,2-3H3,(H,25,30)(H,26,31)/t21-/m0/s1. The van der Waals surface area contributed by atoms with Gasteiger partial charge in [-0.05, 0) is 30.9 Å². The van der Waals surface area contributed by atoms with E-state index in [1.165, 1.54) is 31.0 Å². The number of rotatable bonds is 10. The Kier molecular flexibility index (Phi) is 8.90. The van der Waals surface area contributed by atoms with Gasteiger partial charge in [-0.2, -0.15) is 0 Å². The minimum atomic E-state index is -0.319. The molecule has 0 spiro atoms. The van der Waals surface area contributed by atoms with Crippen LogP contribution in [-0.2, 0) is 11.3 Å². The maximum Gasteiger partial charge on any atom is 0.251 e. The van der Waals surface area contributed by atoms with Crippen molar-refractivity contribution in [1.82, 2.24) is 25.4 Å². The second kappa shape index (κ2) is 11.9. The third-order valence-electron chi connectivity index (χ3n) is 5.63. The van der Waals surface area contributed by atoms with E-state index in [-0.39, 0.29) is 35.6 Å². The summed E-state index contributed by atoms with van der Waals surface area (Å²) in [6.45, 7) is 8.42. The minimum Gasteiger partial charge on any atom is -0.353 e. The Morgan fingerprint density at radius 2 is 1.91 bits per heavy atom. The largest absolute Gasteiger partial charge is 0.353 e. The molecular weight excluding hydrogens is 422 g/mol. The zero-order valence-electron chi connectivity index (χ0n) is 18.9. The molecule has 1 heterocycles. The molecule has 1 fully saturated rings. The molecule has 2 N–H and O–H groups in total.